The third-order valence-corrected chi connectivity index (χ3v) is 3.29. The zero-order valence-electron chi connectivity index (χ0n) is 13.6. The summed E-state index contributed by atoms with van der Waals surface area (Å²) in [5.74, 6) is 0.816. The van der Waals surface area contributed by atoms with Gasteiger partial charge in [-0.2, -0.15) is 0 Å². The Morgan fingerprint density at radius 3 is 2.71 bits per heavy atom. The fraction of sp³-hybridized carbons (Fsp3) is 0.471. The van der Waals surface area contributed by atoms with Crippen molar-refractivity contribution >= 4 is 6.03 Å². The van der Waals surface area contributed by atoms with E-state index in [-0.39, 0.29) is 12.1 Å². The predicted octanol–water partition coefficient (Wildman–Crippen LogP) is 4.07. The summed E-state index contributed by atoms with van der Waals surface area (Å²) in [7, 11) is 0. The van der Waals surface area contributed by atoms with E-state index >= 15 is 0 Å². The molecular weight excluding hydrogens is 264 g/mol. The van der Waals surface area contributed by atoms with E-state index in [0.717, 1.165) is 28.9 Å². The van der Waals surface area contributed by atoms with Crippen LogP contribution in [-0.4, -0.2) is 12.6 Å². The third-order valence-electron chi connectivity index (χ3n) is 3.29. The highest BCUT2D eigenvalue weighted by Gasteiger charge is 2.14. The van der Waals surface area contributed by atoms with Gasteiger partial charge in [0.25, 0.3) is 0 Å². The van der Waals surface area contributed by atoms with E-state index in [4.69, 9.17) is 4.74 Å². The van der Waals surface area contributed by atoms with Gasteiger partial charge in [0.1, 0.15) is 5.75 Å². The summed E-state index contributed by atoms with van der Waals surface area (Å²) in [6.07, 6.45) is 2.66. The van der Waals surface area contributed by atoms with Crippen molar-refractivity contribution in [1.29, 1.82) is 0 Å². The maximum Gasteiger partial charge on any atom is 0.319 e. The summed E-state index contributed by atoms with van der Waals surface area (Å²) in [4.78, 5) is 11.9. The molecule has 0 saturated carbocycles. The highest BCUT2D eigenvalue weighted by atomic mass is 16.5. The van der Waals surface area contributed by atoms with Gasteiger partial charge in [-0.3, -0.25) is 0 Å². The SMILES string of the molecule is CCOc1ccc(C)cc1C(C)NC(=O)N/C=C(\C)CC. The zero-order chi connectivity index (χ0) is 15.8. The molecule has 0 aromatic heterocycles. The number of rotatable bonds is 6. The van der Waals surface area contributed by atoms with Gasteiger partial charge in [0, 0.05) is 11.8 Å². The molecule has 0 spiro atoms. The molecule has 0 fully saturated rings. The minimum atomic E-state index is -0.209. The molecule has 4 nitrogen and oxygen atoms in total. The van der Waals surface area contributed by atoms with Crippen molar-refractivity contribution in [2.75, 3.05) is 6.61 Å². The Morgan fingerprint density at radius 2 is 2.10 bits per heavy atom. The van der Waals surface area contributed by atoms with Gasteiger partial charge in [0.15, 0.2) is 0 Å². The standard InChI is InChI=1S/C17H26N2O2/c1-6-12(3)11-18-17(20)19-14(5)15-10-13(4)8-9-16(15)21-7-2/h8-11,14H,6-7H2,1-5H3,(H2,18,19,20)/b12-11+. The maximum absolute atomic E-state index is 11.9. The van der Waals surface area contributed by atoms with Gasteiger partial charge in [0.2, 0.25) is 0 Å². The van der Waals surface area contributed by atoms with Crippen molar-refractivity contribution in [2.45, 2.75) is 47.1 Å². The molecule has 2 amide bonds. The molecule has 0 aliphatic heterocycles. The van der Waals surface area contributed by atoms with E-state index in [1.54, 1.807) is 6.20 Å². The molecule has 1 aromatic carbocycles. The average Bonchev–Trinajstić information content (AvgIpc) is 2.46. The largest absolute Gasteiger partial charge is 0.494 e. The number of carbonyl (C=O) groups is 1. The second-order valence-electron chi connectivity index (χ2n) is 5.16. The lowest BCUT2D eigenvalue weighted by molar-refractivity contribution is 0.240. The van der Waals surface area contributed by atoms with Crippen LogP contribution in [0, 0.1) is 6.92 Å². The van der Waals surface area contributed by atoms with Crippen LogP contribution >= 0.6 is 0 Å². The summed E-state index contributed by atoms with van der Waals surface area (Å²) in [5, 5.41) is 5.67. The number of allylic oxidation sites excluding steroid dienone is 1. The molecule has 1 unspecified atom stereocenters. The summed E-state index contributed by atoms with van der Waals surface area (Å²) < 4.78 is 5.63. The Morgan fingerprint density at radius 1 is 1.38 bits per heavy atom. The van der Waals surface area contributed by atoms with Gasteiger partial charge in [0.05, 0.1) is 12.6 Å². The smallest absolute Gasteiger partial charge is 0.319 e. The Labute approximate surface area is 127 Å². The van der Waals surface area contributed by atoms with Crippen molar-refractivity contribution in [3.05, 3.63) is 41.1 Å². The number of hydrogen-bond acceptors (Lipinski definition) is 2. The van der Waals surface area contributed by atoms with Crippen LogP contribution in [0.2, 0.25) is 0 Å². The van der Waals surface area contributed by atoms with Crippen LogP contribution in [0.4, 0.5) is 4.79 Å². The Kier molecular flexibility index (Phi) is 6.79. The van der Waals surface area contributed by atoms with Crippen LogP contribution in [0.5, 0.6) is 5.75 Å². The second-order valence-corrected chi connectivity index (χ2v) is 5.16. The van der Waals surface area contributed by atoms with Crippen molar-refractivity contribution in [1.82, 2.24) is 10.6 Å². The minimum Gasteiger partial charge on any atom is -0.494 e. The predicted molar refractivity (Wildman–Crippen MR) is 86.5 cm³/mol. The van der Waals surface area contributed by atoms with Crippen LogP contribution in [-0.2, 0) is 0 Å². The van der Waals surface area contributed by atoms with Gasteiger partial charge in [-0.15, -0.1) is 0 Å². The molecule has 21 heavy (non-hydrogen) atoms. The molecule has 0 aliphatic rings. The van der Waals surface area contributed by atoms with Crippen LogP contribution in [0.1, 0.15) is 51.3 Å². The Balaban J connectivity index is 2.76. The lowest BCUT2D eigenvalue weighted by Gasteiger charge is -2.18. The first-order chi connectivity index (χ1) is 9.97. The first kappa shape index (κ1) is 17.1. The van der Waals surface area contributed by atoms with Gasteiger partial charge in [-0.05, 0) is 40.2 Å². The van der Waals surface area contributed by atoms with E-state index in [1.165, 1.54) is 0 Å². The van der Waals surface area contributed by atoms with E-state index in [0.29, 0.717) is 6.61 Å². The van der Waals surface area contributed by atoms with E-state index in [2.05, 4.69) is 17.6 Å². The summed E-state index contributed by atoms with van der Waals surface area (Å²) >= 11 is 0. The van der Waals surface area contributed by atoms with E-state index in [1.807, 2.05) is 45.9 Å². The lowest BCUT2D eigenvalue weighted by atomic mass is 10.0. The molecule has 0 aliphatic carbocycles. The fourth-order valence-electron chi connectivity index (χ4n) is 1.90. The number of nitrogens with one attached hydrogen (secondary N) is 2. The molecule has 2 N–H and O–H groups in total. The summed E-state index contributed by atoms with van der Waals surface area (Å²) in [6.45, 7) is 10.6. The van der Waals surface area contributed by atoms with E-state index < -0.39 is 0 Å². The van der Waals surface area contributed by atoms with Gasteiger partial charge < -0.3 is 15.4 Å². The molecule has 0 heterocycles. The van der Waals surface area contributed by atoms with Gasteiger partial charge in [-0.25, -0.2) is 4.79 Å². The van der Waals surface area contributed by atoms with Crippen molar-refractivity contribution in [3.8, 4) is 5.75 Å². The molecule has 0 radical (unpaired) electrons. The Hall–Kier alpha value is -1.97. The molecule has 116 valence electrons. The van der Waals surface area contributed by atoms with Gasteiger partial charge in [-0.1, -0.05) is 30.2 Å². The van der Waals surface area contributed by atoms with Crippen LogP contribution < -0.4 is 15.4 Å². The molecule has 1 atom stereocenters. The maximum atomic E-state index is 11.9. The van der Waals surface area contributed by atoms with Crippen molar-refractivity contribution in [3.63, 3.8) is 0 Å². The number of carbonyl (C=O) groups excluding carboxylic acids is 1. The molecule has 1 rings (SSSR count). The van der Waals surface area contributed by atoms with Crippen molar-refractivity contribution < 1.29 is 9.53 Å². The number of hydrogen-bond donors (Lipinski definition) is 2. The zero-order valence-corrected chi connectivity index (χ0v) is 13.6. The third kappa shape index (κ3) is 5.50. The molecule has 0 saturated heterocycles. The number of urea groups is 1. The van der Waals surface area contributed by atoms with Gasteiger partial charge >= 0.3 is 6.03 Å². The monoisotopic (exact) mass is 290 g/mol. The molecule has 4 heteroatoms. The fourth-order valence-corrected chi connectivity index (χ4v) is 1.90. The highest BCUT2D eigenvalue weighted by Crippen LogP contribution is 2.26. The van der Waals surface area contributed by atoms with E-state index in [9.17, 15) is 4.79 Å². The highest BCUT2D eigenvalue weighted by molar-refractivity contribution is 5.75. The number of ether oxygens (including phenoxy) is 1. The second kappa shape index (κ2) is 8.35. The lowest BCUT2D eigenvalue weighted by Crippen LogP contribution is -2.34. The Bertz CT molecular complexity index is 510. The summed E-state index contributed by atoms with van der Waals surface area (Å²) in [6, 6.07) is 5.67. The summed E-state index contributed by atoms with van der Waals surface area (Å²) in [5.41, 5.74) is 3.26. The number of amides is 2. The van der Waals surface area contributed by atoms with Crippen LogP contribution in [0.3, 0.4) is 0 Å². The normalized spacial score (nSPS) is 12.7. The first-order valence-electron chi connectivity index (χ1n) is 7.43. The van der Waals surface area contributed by atoms with Crippen LogP contribution in [0.15, 0.2) is 30.0 Å². The van der Waals surface area contributed by atoms with Crippen LogP contribution in [0.25, 0.3) is 0 Å². The van der Waals surface area contributed by atoms with Crippen molar-refractivity contribution in [2.24, 2.45) is 0 Å². The topological polar surface area (TPSA) is 50.4 Å². The first-order valence-corrected chi connectivity index (χ1v) is 7.43. The number of benzene rings is 1. The number of aryl methyl sites for hydroxylation is 1. The molecule has 1 aromatic rings. The quantitative estimate of drug-likeness (QED) is 0.829. The molecular formula is C17H26N2O2. The minimum absolute atomic E-state index is 0.123. The average molecular weight is 290 g/mol. The molecule has 0 bridgehead atoms.